The number of benzene rings is 2. The number of amides is 2. The average molecular weight is 713 g/mol. The highest BCUT2D eigenvalue weighted by Gasteiger charge is 2.42. The first-order chi connectivity index (χ1) is 23.2. The number of carboxylic acids is 1. The predicted molar refractivity (Wildman–Crippen MR) is 159 cm³/mol. The van der Waals surface area contributed by atoms with Gasteiger partial charge >= 0.3 is 30.5 Å². The third-order valence-corrected chi connectivity index (χ3v) is 8.19. The molecular formula is C33H25F9N4O4. The number of aryl methyl sites for hydroxylation is 1. The van der Waals surface area contributed by atoms with Crippen molar-refractivity contribution >= 4 is 12.0 Å². The number of ether oxygens (including phenoxy) is 1. The van der Waals surface area contributed by atoms with Crippen molar-refractivity contribution in [3.63, 3.8) is 0 Å². The van der Waals surface area contributed by atoms with Gasteiger partial charge in [-0.1, -0.05) is 12.1 Å². The number of alkyl halides is 9. The third kappa shape index (κ3) is 7.16. The minimum absolute atomic E-state index is 0.0123. The zero-order chi connectivity index (χ0) is 36.9. The molecule has 1 saturated heterocycles. The molecule has 2 amide bonds. The first kappa shape index (κ1) is 35.9. The molecule has 0 aliphatic carbocycles. The summed E-state index contributed by atoms with van der Waals surface area (Å²) in [4.78, 5) is 33.6. The highest BCUT2D eigenvalue weighted by molar-refractivity contribution is 5.89. The molecule has 2 atom stereocenters. The highest BCUT2D eigenvalue weighted by Crippen LogP contribution is 2.41. The average Bonchev–Trinajstić information content (AvgIpc) is 3.31. The minimum atomic E-state index is -5.16. The lowest BCUT2D eigenvalue weighted by molar-refractivity contribution is -0.143. The Morgan fingerprint density at radius 3 is 2.04 bits per heavy atom. The number of pyridine rings is 2. The van der Waals surface area contributed by atoms with Crippen molar-refractivity contribution in [2.24, 2.45) is 0 Å². The topological polar surface area (TPSA) is 105 Å². The quantitative estimate of drug-likeness (QED) is 0.186. The largest absolute Gasteiger partial charge is 0.481 e. The van der Waals surface area contributed by atoms with Gasteiger partial charge in [-0.3, -0.25) is 0 Å². The fraction of sp³-hybridized carbons (Fsp3) is 0.273. The van der Waals surface area contributed by atoms with Crippen molar-refractivity contribution in [3.8, 4) is 28.1 Å². The molecule has 2 N–H and O–H groups in total. The Kier molecular flexibility index (Phi) is 9.23. The maximum absolute atomic E-state index is 13.9. The Morgan fingerprint density at radius 2 is 1.50 bits per heavy atom. The van der Waals surface area contributed by atoms with Crippen LogP contribution in [0.1, 0.15) is 57.0 Å². The van der Waals surface area contributed by atoms with Crippen molar-refractivity contribution in [2.45, 2.75) is 51.0 Å². The maximum atomic E-state index is 13.9. The minimum Gasteiger partial charge on any atom is -0.481 e. The number of hydrogen-bond acceptors (Lipinski definition) is 5. The van der Waals surface area contributed by atoms with Gasteiger partial charge in [0.2, 0.25) is 5.88 Å². The Balaban J connectivity index is 1.59. The number of aromatic carboxylic acids is 1. The smallest absolute Gasteiger partial charge is 0.433 e. The van der Waals surface area contributed by atoms with Crippen LogP contribution in [-0.4, -0.2) is 45.1 Å². The molecule has 0 radical (unpaired) electrons. The van der Waals surface area contributed by atoms with Gasteiger partial charge in [-0.05, 0) is 73.0 Å². The van der Waals surface area contributed by atoms with Gasteiger partial charge in [-0.2, -0.15) is 39.5 Å². The summed E-state index contributed by atoms with van der Waals surface area (Å²) in [5.41, 5.74) is -3.76. The van der Waals surface area contributed by atoms with Crippen LogP contribution in [0.2, 0.25) is 0 Å². The Bertz CT molecular complexity index is 1940. The molecule has 50 heavy (non-hydrogen) atoms. The van der Waals surface area contributed by atoms with Crippen molar-refractivity contribution < 1.29 is 58.9 Å². The van der Waals surface area contributed by atoms with Gasteiger partial charge in [0.05, 0.1) is 48.1 Å². The van der Waals surface area contributed by atoms with Crippen LogP contribution in [0.25, 0.3) is 22.3 Å². The first-order valence-corrected chi connectivity index (χ1v) is 14.5. The number of nitrogens with zero attached hydrogens (tertiary/aromatic N) is 3. The maximum Gasteiger partial charge on any atom is 0.433 e. The lowest BCUT2D eigenvalue weighted by Gasteiger charge is -2.25. The summed E-state index contributed by atoms with van der Waals surface area (Å²) < 4.78 is 128. The normalized spacial score (nSPS) is 16.8. The zero-order valence-electron chi connectivity index (χ0n) is 26.1. The van der Waals surface area contributed by atoms with Crippen molar-refractivity contribution in [1.82, 2.24) is 20.2 Å². The summed E-state index contributed by atoms with van der Waals surface area (Å²) in [6, 6.07) is 4.89. The Morgan fingerprint density at radius 1 is 0.880 bits per heavy atom. The van der Waals surface area contributed by atoms with E-state index in [9.17, 15) is 54.2 Å². The monoisotopic (exact) mass is 712 g/mol. The second-order valence-electron chi connectivity index (χ2n) is 11.4. The van der Waals surface area contributed by atoms with Gasteiger partial charge in [0, 0.05) is 22.9 Å². The number of carboxylic acid groups (broad SMARTS) is 1. The summed E-state index contributed by atoms with van der Waals surface area (Å²) in [5.74, 6) is -1.22. The lowest BCUT2D eigenvalue weighted by Crippen LogP contribution is -2.33. The van der Waals surface area contributed by atoms with Gasteiger partial charge in [0.1, 0.15) is 5.69 Å². The molecule has 0 bridgehead atoms. The van der Waals surface area contributed by atoms with E-state index in [1.807, 2.05) is 0 Å². The van der Waals surface area contributed by atoms with Crippen LogP contribution in [0.5, 0.6) is 5.88 Å². The van der Waals surface area contributed by atoms with Crippen molar-refractivity contribution in [2.75, 3.05) is 7.11 Å². The number of rotatable bonds is 7. The molecule has 3 heterocycles. The summed E-state index contributed by atoms with van der Waals surface area (Å²) in [6.45, 7) is 2.30. The van der Waals surface area contributed by atoms with Gasteiger partial charge in [-0.15, -0.1) is 0 Å². The van der Waals surface area contributed by atoms with E-state index in [4.69, 9.17) is 4.74 Å². The number of methoxy groups -OCH3 is 1. The molecule has 0 spiro atoms. The number of carbonyl (C=O) groups excluding carboxylic acids is 1. The van der Waals surface area contributed by atoms with E-state index < -0.39 is 71.5 Å². The predicted octanol–water partition coefficient (Wildman–Crippen LogP) is 8.54. The van der Waals surface area contributed by atoms with Gasteiger partial charge in [-0.25, -0.2) is 19.6 Å². The van der Waals surface area contributed by atoms with E-state index in [-0.39, 0.29) is 34.3 Å². The standard InChI is InChI=1S/C33H25F9N4O4/c1-15-8-17(29(47)48)4-5-22(15)19-11-24(28(50-3)43-13-19)23-6-7-26(33(40,41)42)44-25(23)14-46-16(2)27(45-30(46)49)18-9-20(31(34,35)36)12-21(10-18)32(37,38)39/h4-13,16,27H,14H2,1-3H3,(H,45,49)(H,47,48)/t16-,27-/m0/s1. The van der Waals surface area contributed by atoms with E-state index in [1.54, 1.807) is 6.92 Å². The number of nitrogens with one attached hydrogen (secondary N) is 1. The molecular weight excluding hydrogens is 687 g/mol. The highest BCUT2D eigenvalue weighted by atomic mass is 19.4. The van der Waals surface area contributed by atoms with Crippen LogP contribution in [0, 0.1) is 6.92 Å². The molecule has 4 aromatic rings. The molecule has 1 aliphatic heterocycles. The molecule has 1 fully saturated rings. The number of urea groups is 1. The van der Waals surface area contributed by atoms with Crippen molar-refractivity contribution in [3.05, 3.63) is 100.0 Å². The first-order valence-electron chi connectivity index (χ1n) is 14.5. The van der Waals surface area contributed by atoms with Crippen molar-refractivity contribution in [1.29, 1.82) is 0 Å². The molecule has 1 aliphatic rings. The summed E-state index contributed by atoms with van der Waals surface area (Å²) >= 11 is 0. The number of hydrogen-bond donors (Lipinski definition) is 2. The molecule has 0 unspecified atom stereocenters. The van der Waals surface area contributed by atoms with Gasteiger partial charge in [0.15, 0.2) is 0 Å². The summed E-state index contributed by atoms with van der Waals surface area (Å²) in [6.07, 6.45) is -13.9. The van der Waals surface area contributed by atoms with Crippen LogP contribution in [0.4, 0.5) is 44.3 Å². The van der Waals surface area contributed by atoms with Crippen LogP contribution in [0.15, 0.2) is 60.8 Å². The molecule has 2 aromatic carbocycles. The Hall–Kier alpha value is -5.35. The zero-order valence-corrected chi connectivity index (χ0v) is 26.1. The lowest BCUT2D eigenvalue weighted by atomic mass is 9.95. The molecule has 2 aromatic heterocycles. The second kappa shape index (κ2) is 12.8. The van der Waals surface area contributed by atoms with Crippen LogP contribution in [0.3, 0.4) is 0 Å². The van der Waals surface area contributed by atoms with E-state index in [2.05, 4.69) is 15.3 Å². The van der Waals surface area contributed by atoms with Gasteiger partial charge in [0.25, 0.3) is 0 Å². The number of aromatic nitrogens is 2. The van der Waals surface area contributed by atoms with E-state index in [1.165, 1.54) is 44.5 Å². The van der Waals surface area contributed by atoms with E-state index >= 15 is 0 Å². The summed E-state index contributed by atoms with van der Waals surface area (Å²) in [5, 5.41) is 11.7. The fourth-order valence-electron chi connectivity index (χ4n) is 5.70. The molecule has 5 rings (SSSR count). The van der Waals surface area contributed by atoms with Crippen LogP contribution >= 0.6 is 0 Å². The molecule has 264 valence electrons. The van der Waals surface area contributed by atoms with E-state index in [0.29, 0.717) is 34.9 Å². The Labute approximate surface area is 277 Å². The van der Waals surface area contributed by atoms with E-state index in [0.717, 1.165) is 11.0 Å². The van der Waals surface area contributed by atoms with Gasteiger partial charge < -0.3 is 20.1 Å². The second-order valence-corrected chi connectivity index (χ2v) is 11.4. The van der Waals surface area contributed by atoms with Crippen LogP contribution < -0.4 is 10.1 Å². The number of halogens is 9. The van der Waals surface area contributed by atoms with Crippen LogP contribution in [-0.2, 0) is 25.1 Å². The molecule has 8 nitrogen and oxygen atoms in total. The molecule has 0 saturated carbocycles. The molecule has 17 heteroatoms. The third-order valence-electron chi connectivity index (χ3n) is 8.19. The fourth-order valence-corrected chi connectivity index (χ4v) is 5.70. The number of carbonyl (C=O) groups is 2. The SMILES string of the molecule is COc1ncc(-c2ccc(C(=O)O)cc2C)cc1-c1ccc(C(F)(F)F)nc1CN1C(=O)N[C@H](c2cc(C(F)(F)F)cc(C(F)(F)F)c2)[C@@H]1C. The summed E-state index contributed by atoms with van der Waals surface area (Å²) in [7, 11) is 1.25.